The van der Waals surface area contributed by atoms with Crippen molar-refractivity contribution < 1.29 is 19.8 Å². The summed E-state index contributed by atoms with van der Waals surface area (Å²) in [6.45, 7) is 3.63. The van der Waals surface area contributed by atoms with E-state index >= 15 is 0 Å². The first-order chi connectivity index (χ1) is 6.43. The lowest BCUT2D eigenvalue weighted by molar-refractivity contribution is -0.327. The fourth-order valence-electron chi connectivity index (χ4n) is 1.79. The van der Waals surface area contributed by atoms with E-state index in [0.717, 1.165) is 11.1 Å². The van der Waals surface area contributed by atoms with E-state index in [0.29, 0.717) is 0 Å². The first-order valence-electron chi connectivity index (χ1n) is 4.50. The van der Waals surface area contributed by atoms with Crippen molar-refractivity contribution in [2.45, 2.75) is 26.7 Å². The molecule has 2 atom stereocenters. The Kier molecular flexibility index (Phi) is 2.93. The Morgan fingerprint density at radius 3 is 1.50 bits per heavy atom. The molecule has 0 saturated carbocycles. The highest BCUT2D eigenvalue weighted by Gasteiger charge is 2.28. The van der Waals surface area contributed by atoms with Gasteiger partial charge in [0.25, 0.3) is 0 Å². The lowest BCUT2D eigenvalue weighted by Gasteiger charge is -2.34. The number of carbonyl (C=O) groups excluding carboxylic acids is 2. The Balaban J connectivity index is 2.95. The zero-order chi connectivity index (χ0) is 10.9. The summed E-state index contributed by atoms with van der Waals surface area (Å²) in [4.78, 5) is 21.4. The maximum Gasteiger partial charge on any atom is 0.0455 e. The molecule has 78 valence electrons. The Morgan fingerprint density at radius 1 is 1.00 bits per heavy atom. The maximum atomic E-state index is 10.7. The van der Waals surface area contributed by atoms with Gasteiger partial charge in [-0.05, 0) is 26.7 Å². The second-order valence-electron chi connectivity index (χ2n) is 3.82. The van der Waals surface area contributed by atoms with Crippen LogP contribution in [0, 0.1) is 11.8 Å². The third kappa shape index (κ3) is 1.95. The van der Waals surface area contributed by atoms with E-state index in [-0.39, 0.29) is 12.8 Å². The third-order valence-electron chi connectivity index (χ3n) is 2.87. The lowest BCUT2D eigenvalue weighted by atomic mass is 9.76. The Hall–Kier alpha value is -1.32. The number of rotatable bonds is 2. The van der Waals surface area contributed by atoms with Gasteiger partial charge in [-0.1, -0.05) is 11.1 Å². The molecule has 1 aliphatic carbocycles. The van der Waals surface area contributed by atoms with Gasteiger partial charge in [-0.15, -0.1) is 0 Å². The highest BCUT2D eigenvalue weighted by Crippen LogP contribution is 2.33. The van der Waals surface area contributed by atoms with Crippen molar-refractivity contribution in [1.82, 2.24) is 0 Å². The molecule has 0 unspecified atom stereocenters. The van der Waals surface area contributed by atoms with Crippen molar-refractivity contribution >= 4 is 11.9 Å². The molecule has 0 fully saturated rings. The van der Waals surface area contributed by atoms with Crippen molar-refractivity contribution in [3.05, 3.63) is 11.1 Å². The van der Waals surface area contributed by atoms with Gasteiger partial charge in [-0.2, -0.15) is 0 Å². The molecular formula is C10H12O4-2. The van der Waals surface area contributed by atoms with E-state index in [4.69, 9.17) is 0 Å². The van der Waals surface area contributed by atoms with E-state index in [9.17, 15) is 19.8 Å². The minimum absolute atomic E-state index is 0.257. The zero-order valence-electron chi connectivity index (χ0n) is 8.20. The molecule has 0 aromatic rings. The summed E-state index contributed by atoms with van der Waals surface area (Å²) in [7, 11) is 0. The van der Waals surface area contributed by atoms with Crippen LogP contribution in [-0.4, -0.2) is 11.9 Å². The van der Waals surface area contributed by atoms with Crippen molar-refractivity contribution in [2.24, 2.45) is 11.8 Å². The Labute approximate surface area is 82.2 Å². The number of hydrogen-bond acceptors (Lipinski definition) is 4. The molecule has 1 rings (SSSR count). The topological polar surface area (TPSA) is 80.3 Å². The second kappa shape index (κ2) is 3.82. The van der Waals surface area contributed by atoms with Crippen molar-refractivity contribution in [3.63, 3.8) is 0 Å². The predicted molar refractivity (Wildman–Crippen MR) is 44.6 cm³/mol. The quantitative estimate of drug-likeness (QED) is 0.522. The monoisotopic (exact) mass is 196 g/mol. The van der Waals surface area contributed by atoms with Gasteiger partial charge in [0.1, 0.15) is 0 Å². The fraction of sp³-hybridized carbons (Fsp3) is 0.600. The summed E-state index contributed by atoms with van der Waals surface area (Å²) >= 11 is 0. The molecule has 4 heteroatoms. The van der Waals surface area contributed by atoms with Crippen molar-refractivity contribution in [3.8, 4) is 0 Å². The van der Waals surface area contributed by atoms with Gasteiger partial charge < -0.3 is 19.8 Å². The number of aliphatic carboxylic acids is 2. The summed E-state index contributed by atoms with van der Waals surface area (Å²) in [5, 5.41) is 21.4. The molecular weight excluding hydrogens is 184 g/mol. The maximum absolute atomic E-state index is 10.7. The third-order valence-corrected chi connectivity index (χ3v) is 2.87. The molecule has 1 aliphatic rings. The summed E-state index contributed by atoms with van der Waals surface area (Å²) in [6, 6.07) is 0. The minimum Gasteiger partial charge on any atom is -0.550 e. The number of allylic oxidation sites excluding steroid dienone is 2. The molecule has 0 saturated heterocycles. The molecule has 14 heavy (non-hydrogen) atoms. The average Bonchev–Trinajstić information content (AvgIpc) is 2.08. The van der Waals surface area contributed by atoms with Gasteiger partial charge in [0.15, 0.2) is 0 Å². The molecule has 0 radical (unpaired) electrons. The molecule has 0 amide bonds. The predicted octanol–water partition coefficient (Wildman–Crippen LogP) is -1.15. The van der Waals surface area contributed by atoms with Crippen LogP contribution in [-0.2, 0) is 9.59 Å². The lowest BCUT2D eigenvalue weighted by Crippen LogP contribution is -2.45. The molecule has 0 aliphatic heterocycles. The van der Waals surface area contributed by atoms with Gasteiger partial charge in [-0.25, -0.2) is 0 Å². The van der Waals surface area contributed by atoms with Crippen LogP contribution in [0.3, 0.4) is 0 Å². The van der Waals surface area contributed by atoms with E-state index < -0.39 is 23.8 Å². The Morgan fingerprint density at radius 2 is 1.29 bits per heavy atom. The van der Waals surface area contributed by atoms with Gasteiger partial charge in [0, 0.05) is 23.8 Å². The summed E-state index contributed by atoms with van der Waals surface area (Å²) in [5.74, 6) is -4.48. The SMILES string of the molecule is CC1=C(C)C[C@@H](C(=O)[O-])[C@H](C(=O)[O-])C1. The van der Waals surface area contributed by atoms with Crippen LogP contribution in [0.15, 0.2) is 11.1 Å². The molecule has 0 N–H and O–H groups in total. The summed E-state index contributed by atoms with van der Waals surface area (Å²) < 4.78 is 0. The Bertz CT molecular complexity index is 273. The first kappa shape index (κ1) is 10.8. The highest BCUT2D eigenvalue weighted by atomic mass is 16.4. The molecule has 0 heterocycles. The van der Waals surface area contributed by atoms with Crippen molar-refractivity contribution in [1.29, 1.82) is 0 Å². The fourth-order valence-corrected chi connectivity index (χ4v) is 1.79. The van der Waals surface area contributed by atoms with Gasteiger partial charge >= 0.3 is 0 Å². The normalized spacial score (nSPS) is 27.6. The van der Waals surface area contributed by atoms with Crippen LogP contribution in [0.1, 0.15) is 26.7 Å². The number of carbonyl (C=O) groups is 2. The smallest absolute Gasteiger partial charge is 0.0455 e. The van der Waals surface area contributed by atoms with Crippen LogP contribution in [0.25, 0.3) is 0 Å². The van der Waals surface area contributed by atoms with Crippen LogP contribution in [0.4, 0.5) is 0 Å². The molecule has 0 aromatic heterocycles. The number of hydrogen-bond donors (Lipinski definition) is 0. The van der Waals surface area contributed by atoms with E-state index in [1.807, 2.05) is 13.8 Å². The van der Waals surface area contributed by atoms with E-state index in [2.05, 4.69) is 0 Å². The van der Waals surface area contributed by atoms with Crippen molar-refractivity contribution in [2.75, 3.05) is 0 Å². The highest BCUT2D eigenvalue weighted by molar-refractivity contribution is 5.79. The van der Waals surface area contributed by atoms with Gasteiger partial charge in [0.05, 0.1) is 0 Å². The molecule has 4 nitrogen and oxygen atoms in total. The number of carboxylic acid groups (broad SMARTS) is 2. The first-order valence-corrected chi connectivity index (χ1v) is 4.50. The minimum atomic E-state index is -1.30. The number of carboxylic acids is 2. The molecule has 0 bridgehead atoms. The summed E-state index contributed by atoms with van der Waals surface area (Å²) in [5.41, 5.74) is 1.88. The van der Waals surface area contributed by atoms with E-state index in [1.165, 1.54) is 0 Å². The molecule has 0 spiro atoms. The second-order valence-corrected chi connectivity index (χ2v) is 3.82. The van der Waals surface area contributed by atoms with Crippen LogP contribution in [0.2, 0.25) is 0 Å². The zero-order valence-corrected chi connectivity index (χ0v) is 8.20. The summed E-state index contributed by atoms with van der Waals surface area (Å²) in [6.07, 6.45) is 0.514. The van der Waals surface area contributed by atoms with Gasteiger partial charge in [0.2, 0.25) is 0 Å². The average molecular weight is 196 g/mol. The van der Waals surface area contributed by atoms with Crippen LogP contribution in [0.5, 0.6) is 0 Å². The molecule has 0 aromatic carbocycles. The van der Waals surface area contributed by atoms with Crippen LogP contribution < -0.4 is 10.2 Å². The largest absolute Gasteiger partial charge is 0.550 e. The van der Waals surface area contributed by atoms with Crippen LogP contribution >= 0.6 is 0 Å². The standard InChI is InChI=1S/C10H14O4/c1-5-3-7(9(11)12)8(10(13)14)4-6(5)2/h7-8H,3-4H2,1-2H3,(H,11,12)(H,13,14)/p-2/t7-,8-/m1/s1. The van der Waals surface area contributed by atoms with E-state index in [1.54, 1.807) is 0 Å². The van der Waals surface area contributed by atoms with Gasteiger partial charge in [-0.3, -0.25) is 0 Å².